The zero-order chi connectivity index (χ0) is 13.9. The number of methoxy groups -OCH3 is 1. The molecule has 1 aromatic heterocycles. The molecule has 0 atom stereocenters. The Hall–Kier alpha value is -2.82. The van der Waals surface area contributed by atoms with Crippen molar-refractivity contribution in [2.75, 3.05) is 7.11 Å². The van der Waals surface area contributed by atoms with Crippen molar-refractivity contribution in [1.29, 1.82) is 0 Å². The number of fused-ring (bicyclic) bond motifs is 1. The van der Waals surface area contributed by atoms with Gasteiger partial charge >= 0.3 is 0 Å². The molecule has 0 aliphatic carbocycles. The number of aromatic hydroxyl groups is 1. The van der Waals surface area contributed by atoms with Crippen molar-refractivity contribution in [3.05, 3.63) is 54.4 Å². The first-order chi connectivity index (χ1) is 9.78. The summed E-state index contributed by atoms with van der Waals surface area (Å²) in [7, 11) is 1.51. The summed E-state index contributed by atoms with van der Waals surface area (Å²) in [5, 5.41) is 14.1. The standard InChI is InChI=1S/C15H13N3O2/c1-20-15-7-6-11(8-14(15)19)9-17-18-10-16-12-4-2-3-5-13(12)18/h2-10,19H,1H3/b17-9-. The second-order valence-electron chi connectivity index (χ2n) is 4.25. The van der Waals surface area contributed by atoms with Gasteiger partial charge in [-0.25, -0.2) is 9.66 Å². The van der Waals surface area contributed by atoms with Crippen molar-refractivity contribution in [3.63, 3.8) is 0 Å². The van der Waals surface area contributed by atoms with E-state index in [9.17, 15) is 5.11 Å². The molecule has 0 fully saturated rings. The molecule has 100 valence electrons. The Balaban J connectivity index is 1.92. The van der Waals surface area contributed by atoms with Crippen molar-refractivity contribution < 1.29 is 9.84 Å². The maximum absolute atomic E-state index is 9.71. The number of benzene rings is 2. The number of aromatic nitrogens is 2. The molecule has 0 aliphatic rings. The molecule has 0 unspecified atom stereocenters. The molecule has 5 nitrogen and oxygen atoms in total. The number of rotatable bonds is 3. The van der Waals surface area contributed by atoms with E-state index in [4.69, 9.17) is 4.74 Å². The number of para-hydroxylation sites is 2. The quantitative estimate of drug-likeness (QED) is 0.742. The summed E-state index contributed by atoms with van der Waals surface area (Å²) in [6.07, 6.45) is 3.32. The predicted octanol–water partition coefficient (Wildman–Crippen LogP) is 2.63. The minimum atomic E-state index is 0.0898. The average Bonchev–Trinajstić information content (AvgIpc) is 2.88. The van der Waals surface area contributed by atoms with Gasteiger partial charge in [0.15, 0.2) is 11.5 Å². The van der Waals surface area contributed by atoms with Crippen LogP contribution in [0.4, 0.5) is 0 Å². The smallest absolute Gasteiger partial charge is 0.160 e. The highest BCUT2D eigenvalue weighted by atomic mass is 16.5. The van der Waals surface area contributed by atoms with Gasteiger partial charge in [-0.2, -0.15) is 5.10 Å². The van der Waals surface area contributed by atoms with Gasteiger partial charge in [0, 0.05) is 0 Å². The summed E-state index contributed by atoms with van der Waals surface area (Å²) >= 11 is 0. The van der Waals surface area contributed by atoms with Gasteiger partial charge in [0.25, 0.3) is 0 Å². The topological polar surface area (TPSA) is 59.6 Å². The number of nitrogens with zero attached hydrogens (tertiary/aromatic N) is 3. The Bertz CT molecular complexity index is 778. The molecule has 2 aromatic carbocycles. The van der Waals surface area contributed by atoms with Crippen LogP contribution in [0.2, 0.25) is 0 Å². The van der Waals surface area contributed by atoms with Crippen LogP contribution in [0.15, 0.2) is 53.9 Å². The highest BCUT2D eigenvalue weighted by molar-refractivity contribution is 5.82. The maximum atomic E-state index is 9.71. The van der Waals surface area contributed by atoms with E-state index in [2.05, 4.69) is 10.1 Å². The van der Waals surface area contributed by atoms with Crippen LogP contribution in [0, 0.1) is 0 Å². The molecule has 0 saturated carbocycles. The monoisotopic (exact) mass is 267 g/mol. The number of imidazole rings is 1. The van der Waals surface area contributed by atoms with Crippen LogP contribution in [0.25, 0.3) is 11.0 Å². The Morgan fingerprint density at radius 3 is 2.90 bits per heavy atom. The van der Waals surface area contributed by atoms with Crippen molar-refractivity contribution in [2.24, 2.45) is 5.10 Å². The number of hydrogen-bond donors (Lipinski definition) is 1. The minimum Gasteiger partial charge on any atom is -0.504 e. The van der Waals surface area contributed by atoms with Gasteiger partial charge < -0.3 is 9.84 Å². The molecule has 0 radical (unpaired) electrons. The lowest BCUT2D eigenvalue weighted by Gasteiger charge is -2.03. The number of phenols is 1. The average molecular weight is 267 g/mol. The molecule has 1 heterocycles. The van der Waals surface area contributed by atoms with Crippen molar-refractivity contribution in [3.8, 4) is 11.5 Å². The molecular weight excluding hydrogens is 254 g/mol. The van der Waals surface area contributed by atoms with Crippen LogP contribution in [-0.4, -0.2) is 28.1 Å². The lowest BCUT2D eigenvalue weighted by atomic mass is 10.2. The number of phenolic OH excluding ortho intramolecular Hbond substituents is 1. The van der Waals surface area contributed by atoms with E-state index in [1.807, 2.05) is 30.3 Å². The van der Waals surface area contributed by atoms with E-state index in [0.29, 0.717) is 5.75 Å². The Labute approximate surface area is 115 Å². The molecule has 0 amide bonds. The lowest BCUT2D eigenvalue weighted by Crippen LogP contribution is -1.90. The number of ether oxygens (including phenoxy) is 1. The third-order valence-electron chi connectivity index (χ3n) is 2.97. The molecule has 0 bridgehead atoms. The van der Waals surface area contributed by atoms with Crippen molar-refractivity contribution in [1.82, 2.24) is 9.66 Å². The van der Waals surface area contributed by atoms with Crippen molar-refractivity contribution >= 4 is 17.2 Å². The fourth-order valence-electron chi connectivity index (χ4n) is 1.95. The fourth-order valence-corrected chi connectivity index (χ4v) is 1.95. The Morgan fingerprint density at radius 1 is 1.25 bits per heavy atom. The molecule has 0 spiro atoms. The normalized spacial score (nSPS) is 11.2. The first-order valence-corrected chi connectivity index (χ1v) is 6.11. The molecule has 20 heavy (non-hydrogen) atoms. The minimum absolute atomic E-state index is 0.0898. The van der Waals surface area contributed by atoms with Crippen molar-refractivity contribution in [2.45, 2.75) is 0 Å². The van der Waals surface area contributed by atoms with Gasteiger partial charge in [-0.05, 0) is 35.9 Å². The van der Waals surface area contributed by atoms with Gasteiger partial charge in [0.05, 0.1) is 24.4 Å². The van der Waals surface area contributed by atoms with E-state index in [1.54, 1.807) is 29.4 Å². The molecule has 5 heteroatoms. The van der Waals surface area contributed by atoms with Gasteiger partial charge in [-0.15, -0.1) is 0 Å². The SMILES string of the molecule is COc1ccc(/C=N\n2cnc3ccccc32)cc1O. The predicted molar refractivity (Wildman–Crippen MR) is 77.4 cm³/mol. The van der Waals surface area contributed by atoms with E-state index in [-0.39, 0.29) is 5.75 Å². The van der Waals surface area contributed by atoms with Gasteiger partial charge in [-0.3, -0.25) is 0 Å². The molecular formula is C15H13N3O2. The van der Waals surface area contributed by atoms with Gasteiger partial charge in [0.2, 0.25) is 0 Å². The Morgan fingerprint density at radius 2 is 2.10 bits per heavy atom. The third-order valence-corrected chi connectivity index (χ3v) is 2.97. The summed E-state index contributed by atoms with van der Waals surface area (Å²) in [6, 6.07) is 12.9. The van der Waals surface area contributed by atoms with E-state index in [0.717, 1.165) is 16.6 Å². The summed E-state index contributed by atoms with van der Waals surface area (Å²) in [6.45, 7) is 0. The lowest BCUT2D eigenvalue weighted by molar-refractivity contribution is 0.373. The zero-order valence-corrected chi connectivity index (χ0v) is 10.9. The summed E-state index contributed by atoms with van der Waals surface area (Å²) in [5.41, 5.74) is 2.60. The fraction of sp³-hybridized carbons (Fsp3) is 0.0667. The molecule has 0 saturated heterocycles. The van der Waals surface area contributed by atoms with Crippen LogP contribution >= 0.6 is 0 Å². The zero-order valence-electron chi connectivity index (χ0n) is 10.9. The van der Waals surface area contributed by atoms with Crippen LogP contribution in [0.5, 0.6) is 11.5 Å². The largest absolute Gasteiger partial charge is 0.504 e. The van der Waals surface area contributed by atoms with Crippen LogP contribution in [0.3, 0.4) is 0 Å². The van der Waals surface area contributed by atoms with Crippen LogP contribution in [0.1, 0.15) is 5.56 Å². The highest BCUT2D eigenvalue weighted by Crippen LogP contribution is 2.25. The summed E-state index contributed by atoms with van der Waals surface area (Å²) < 4.78 is 6.69. The first kappa shape index (κ1) is 12.2. The molecule has 1 N–H and O–H groups in total. The third kappa shape index (κ3) is 2.21. The van der Waals surface area contributed by atoms with Crippen LogP contribution < -0.4 is 4.74 Å². The van der Waals surface area contributed by atoms with E-state index >= 15 is 0 Å². The highest BCUT2D eigenvalue weighted by Gasteiger charge is 2.02. The number of hydrogen-bond acceptors (Lipinski definition) is 4. The molecule has 0 aliphatic heterocycles. The Kier molecular flexibility index (Phi) is 3.09. The van der Waals surface area contributed by atoms with Crippen LogP contribution in [-0.2, 0) is 0 Å². The van der Waals surface area contributed by atoms with E-state index in [1.165, 1.54) is 7.11 Å². The van der Waals surface area contributed by atoms with Gasteiger partial charge in [-0.1, -0.05) is 12.1 Å². The van der Waals surface area contributed by atoms with E-state index < -0.39 is 0 Å². The molecule has 3 aromatic rings. The van der Waals surface area contributed by atoms with Gasteiger partial charge in [0.1, 0.15) is 6.33 Å². The summed E-state index contributed by atoms with van der Waals surface area (Å²) in [4.78, 5) is 4.26. The molecule has 3 rings (SSSR count). The summed E-state index contributed by atoms with van der Waals surface area (Å²) in [5.74, 6) is 0.530. The second kappa shape index (κ2) is 5.05. The first-order valence-electron chi connectivity index (χ1n) is 6.11. The second-order valence-corrected chi connectivity index (χ2v) is 4.25. The maximum Gasteiger partial charge on any atom is 0.160 e.